The van der Waals surface area contributed by atoms with Crippen molar-refractivity contribution in [2.45, 2.75) is 70.8 Å². The second-order valence-electron chi connectivity index (χ2n) is 10.5. The molecule has 1 aromatic heterocycles. The Kier molecular flexibility index (Phi) is 4.19. The number of carbonyl (C=O) groups is 2. The Morgan fingerprint density at radius 2 is 1.90 bits per heavy atom. The van der Waals surface area contributed by atoms with Crippen LogP contribution in [0.4, 0.5) is 0 Å². The maximum atomic E-state index is 13.1. The molecule has 3 saturated carbocycles. The normalized spacial score (nSPS) is 44.0. The standard InChI is InChI=1S/C25H31NO3/c1-23-9-6-17(27)13-21(23)22(28)14-18-19(23)7-10-24(2)20(18)8-11-25(24,29)15-16-5-3-4-12-26-16/h3-5,12-13,18-20,29H,6-11,14-15H2,1-2H3/t18-,19+,20+,23-,24+,25-/m1/s1. The zero-order valence-electron chi connectivity index (χ0n) is 17.5. The number of Topliss-reactive ketones (excluding diaryl/α,β-unsaturated/α-hetero) is 1. The summed E-state index contributed by atoms with van der Waals surface area (Å²) in [6, 6.07) is 5.89. The predicted octanol–water partition coefficient (Wildman–Crippen LogP) is 4.07. The molecule has 3 fully saturated rings. The van der Waals surface area contributed by atoms with Crippen molar-refractivity contribution >= 4 is 11.6 Å². The molecule has 1 heterocycles. The van der Waals surface area contributed by atoms with Gasteiger partial charge in [-0.1, -0.05) is 19.9 Å². The molecule has 4 heteroatoms. The summed E-state index contributed by atoms with van der Waals surface area (Å²) in [6.07, 6.45) is 9.69. The molecule has 0 bridgehead atoms. The molecular formula is C25H31NO3. The molecule has 0 radical (unpaired) electrons. The molecule has 6 atom stereocenters. The summed E-state index contributed by atoms with van der Waals surface area (Å²) in [5, 5.41) is 11.8. The van der Waals surface area contributed by atoms with E-state index in [9.17, 15) is 14.7 Å². The summed E-state index contributed by atoms with van der Waals surface area (Å²) in [7, 11) is 0. The van der Waals surface area contributed by atoms with Crippen LogP contribution in [-0.2, 0) is 16.0 Å². The van der Waals surface area contributed by atoms with Crippen LogP contribution in [-0.4, -0.2) is 27.3 Å². The number of aromatic nitrogens is 1. The first-order chi connectivity index (χ1) is 13.8. The lowest BCUT2D eigenvalue weighted by molar-refractivity contribution is -0.143. The van der Waals surface area contributed by atoms with Gasteiger partial charge in [0, 0.05) is 36.7 Å². The van der Waals surface area contributed by atoms with Gasteiger partial charge in [0.15, 0.2) is 11.6 Å². The number of pyridine rings is 1. The second-order valence-corrected chi connectivity index (χ2v) is 10.5. The van der Waals surface area contributed by atoms with Crippen molar-refractivity contribution in [2.75, 3.05) is 0 Å². The smallest absolute Gasteiger partial charge is 0.159 e. The van der Waals surface area contributed by atoms with E-state index in [2.05, 4.69) is 18.8 Å². The lowest BCUT2D eigenvalue weighted by atomic mass is 9.46. The monoisotopic (exact) mass is 393 g/mol. The highest BCUT2D eigenvalue weighted by atomic mass is 16.3. The minimum absolute atomic E-state index is 0.107. The number of carbonyl (C=O) groups excluding carboxylic acids is 2. The largest absolute Gasteiger partial charge is 0.389 e. The molecule has 29 heavy (non-hydrogen) atoms. The topological polar surface area (TPSA) is 67.3 Å². The van der Waals surface area contributed by atoms with E-state index in [1.807, 2.05) is 18.2 Å². The third-order valence-electron chi connectivity index (χ3n) is 9.31. The van der Waals surface area contributed by atoms with Crippen LogP contribution in [0.1, 0.15) is 64.5 Å². The summed E-state index contributed by atoms with van der Waals surface area (Å²) in [6.45, 7) is 4.48. The Morgan fingerprint density at radius 3 is 2.66 bits per heavy atom. The van der Waals surface area contributed by atoms with Gasteiger partial charge in [-0.25, -0.2) is 0 Å². The van der Waals surface area contributed by atoms with E-state index in [1.54, 1.807) is 12.3 Å². The van der Waals surface area contributed by atoms with E-state index < -0.39 is 5.60 Å². The average molecular weight is 394 g/mol. The summed E-state index contributed by atoms with van der Waals surface area (Å²) < 4.78 is 0. The van der Waals surface area contributed by atoms with Crippen LogP contribution in [0.5, 0.6) is 0 Å². The zero-order valence-corrected chi connectivity index (χ0v) is 17.5. The lowest BCUT2D eigenvalue weighted by Crippen LogP contribution is -2.56. The van der Waals surface area contributed by atoms with Crippen LogP contribution < -0.4 is 0 Å². The molecule has 0 unspecified atom stereocenters. The van der Waals surface area contributed by atoms with E-state index in [0.717, 1.165) is 43.4 Å². The number of hydrogen-bond acceptors (Lipinski definition) is 4. The lowest BCUT2D eigenvalue weighted by Gasteiger charge is -2.58. The highest BCUT2D eigenvalue weighted by Gasteiger charge is 2.64. The molecular weight excluding hydrogens is 362 g/mol. The van der Waals surface area contributed by atoms with E-state index in [0.29, 0.717) is 37.0 Å². The summed E-state index contributed by atoms with van der Waals surface area (Å²) in [5.74, 6) is 1.39. The van der Waals surface area contributed by atoms with E-state index >= 15 is 0 Å². The molecule has 0 aromatic carbocycles. The first-order valence-corrected chi connectivity index (χ1v) is 11.2. The van der Waals surface area contributed by atoms with E-state index in [4.69, 9.17) is 0 Å². The summed E-state index contributed by atoms with van der Waals surface area (Å²) in [5.41, 5.74) is 0.618. The maximum Gasteiger partial charge on any atom is 0.159 e. The number of aliphatic hydroxyl groups is 1. The SMILES string of the molecule is C[C@]12CCC(=O)C=C1C(=O)C[C@@H]1[C@@H]2CC[C@@]2(C)[C@H]1CC[C@@]2(O)Cc1ccccn1. The first kappa shape index (κ1) is 19.2. The summed E-state index contributed by atoms with van der Waals surface area (Å²) in [4.78, 5) is 29.5. The van der Waals surface area contributed by atoms with E-state index in [-0.39, 0.29) is 22.4 Å². The van der Waals surface area contributed by atoms with E-state index in [1.165, 1.54) is 0 Å². The Morgan fingerprint density at radius 1 is 1.10 bits per heavy atom. The van der Waals surface area contributed by atoms with Crippen molar-refractivity contribution in [1.82, 2.24) is 4.98 Å². The van der Waals surface area contributed by atoms with Crippen molar-refractivity contribution in [3.05, 3.63) is 41.7 Å². The fraction of sp³-hybridized carbons (Fsp3) is 0.640. The highest BCUT2D eigenvalue weighted by molar-refractivity contribution is 6.05. The van der Waals surface area contributed by atoms with Gasteiger partial charge in [-0.15, -0.1) is 0 Å². The number of rotatable bonds is 2. The number of hydrogen-bond donors (Lipinski definition) is 1. The van der Waals surface area contributed by atoms with Gasteiger partial charge in [0.2, 0.25) is 0 Å². The van der Waals surface area contributed by atoms with Gasteiger partial charge in [0.25, 0.3) is 0 Å². The molecule has 154 valence electrons. The number of ketones is 2. The van der Waals surface area contributed by atoms with Crippen molar-refractivity contribution in [3.63, 3.8) is 0 Å². The fourth-order valence-corrected chi connectivity index (χ4v) is 7.59. The third kappa shape index (κ3) is 2.64. The summed E-state index contributed by atoms with van der Waals surface area (Å²) >= 11 is 0. The van der Waals surface area contributed by atoms with Gasteiger partial charge < -0.3 is 5.11 Å². The highest BCUT2D eigenvalue weighted by Crippen LogP contribution is 2.67. The Balaban J connectivity index is 1.48. The average Bonchev–Trinajstić information content (AvgIpc) is 2.95. The second kappa shape index (κ2) is 6.34. The minimum atomic E-state index is -0.764. The quantitative estimate of drug-likeness (QED) is 0.823. The van der Waals surface area contributed by atoms with Gasteiger partial charge in [0.1, 0.15) is 0 Å². The van der Waals surface area contributed by atoms with Gasteiger partial charge in [-0.2, -0.15) is 0 Å². The van der Waals surface area contributed by atoms with Crippen molar-refractivity contribution in [1.29, 1.82) is 0 Å². The van der Waals surface area contributed by atoms with Crippen molar-refractivity contribution in [3.8, 4) is 0 Å². The first-order valence-electron chi connectivity index (χ1n) is 11.2. The molecule has 1 N–H and O–H groups in total. The van der Waals surface area contributed by atoms with Crippen molar-refractivity contribution < 1.29 is 14.7 Å². The van der Waals surface area contributed by atoms with Gasteiger partial charge in [0.05, 0.1) is 5.60 Å². The Labute approximate surface area is 172 Å². The third-order valence-corrected chi connectivity index (χ3v) is 9.31. The number of fused-ring (bicyclic) bond motifs is 5. The van der Waals surface area contributed by atoms with Gasteiger partial charge in [-0.05, 0) is 78.9 Å². The van der Waals surface area contributed by atoms with Gasteiger partial charge >= 0.3 is 0 Å². The molecule has 0 spiro atoms. The molecule has 4 aliphatic carbocycles. The fourth-order valence-electron chi connectivity index (χ4n) is 7.59. The molecule has 4 nitrogen and oxygen atoms in total. The van der Waals surface area contributed by atoms with Crippen LogP contribution in [0.25, 0.3) is 0 Å². The van der Waals surface area contributed by atoms with Crippen LogP contribution in [0.15, 0.2) is 36.0 Å². The Bertz CT molecular complexity index is 893. The Hall–Kier alpha value is -1.81. The molecule has 0 saturated heterocycles. The van der Waals surface area contributed by atoms with Crippen LogP contribution in [0.2, 0.25) is 0 Å². The maximum absolute atomic E-state index is 13.1. The zero-order chi connectivity index (χ0) is 20.4. The molecule has 0 aliphatic heterocycles. The van der Waals surface area contributed by atoms with Crippen molar-refractivity contribution in [2.24, 2.45) is 28.6 Å². The number of nitrogens with zero attached hydrogens (tertiary/aromatic N) is 1. The molecule has 0 amide bonds. The minimum Gasteiger partial charge on any atom is -0.389 e. The van der Waals surface area contributed by atoms with Crippen LogP contribution in [0, 0.1) is 28.6 Å². The number of allylic oxidation sites excluding steroid dienone is 1. The molecule has 4 aliphatic rings. The predicted molar refractivity (Wildman–Crippen MR) is 110 cm³/mol. The molecule has 1 aromatic rings. The van der Waals surface area contributed by atoms with Crippen LogP contribution >= 0.6 is 0 Å². The molecule has 5 rings (SSSR count). The van der Waals surface area contributed by atoms with Crippen LogP contribution in [0.3, 0.4) is 0 Å². The van der Waals surface area contributed by atoms with Gasteiger partial charge in [-0.3, -0.25) is 14.6 Å².